The van der Waals surface area contributed by atoms with Crippen LogP contribution in [0.25, 0.3) is 11.3 Å². The highest BCUT2D eigenvalue weighted by molar-refractivity contribution is 6.36. The predicted octanol–water partition coefficient (Wildman–Crippen LogP) is 5.47. The van der Waals surface area contributed by atoms with Gasteiger partial charge in [-0.2, -0.15) is 0 Å². The molecule has 3 heterocycles. The van der Waals surface area contributed by atoms with Gasteiger partial charge in [0.15, 0.2) is 5.75 Å². The van der Waals surface area contributed by atoms with E-state index >= 15 is 0 Å². The minimum absolute atomic E-state index is 0.0168. The molecule has 0 fully saturated rings. The Morgan fingerprint density at radius 2 is 1.74 bits per heavy atom. The molecule has 11 heteroatoms. The van der Waals surface area contributed by atoms with Crippen molar-refractivity contribution in [1.29, 1.82) is 0 Å². The molecule has 2 aliphatic rings. The minimum atomic E-state index is -1.95. The van der Waals surface area contributed by atoms with Crippen molar-refractivity contribution >= 4 is 29.1 Å². The maximum atomic E-state index is 14.6. The van der Waals surface area contributed by atoms with Gasteiger partial charge in [-0.25, -0.2) is 0 Å². The summed E-state index contributed by atoms with van der Waals surface area (Å²) in [5.74, 6) is 0.139. The molecule has 2 aromatic carbocycles. The van der Waals surface area contributed by atoms with Crippen LogP contribution in [0, 0.1) is 5.92 Å². The quantitative estimate of drug-likeness (QED) is 0.260. The third-order valence-corrected chi connectivity index (χ3v) is 8.34. The zero-order chi connectivity index (χ0) is 30.5. The van der Waals surface area contributed by atoms with Crippen LogP contribution in [-0.2, 0) is 24.2 Å². The molecule has 43 heavy (non-hydrogen) atoms. The molecule has 1 amide bonds. The fourth-order valence-corrected chi connectivity index (χ4v) is 6.06. The molecule has 1 spiro atoms. The summed E-state index contributed by atoms with van der Waals surface area (Å²) in [5, 5.41) is 2.87. The summed E-state index contributed by atoms with van der Waals surface area (Å²) in [6, 6.07) is 12.0. The van der Waals surface area contributed by atoms with Crippen LogP contribution in [0.2, 0.25) is 5.02 Å². The first-order valence-electron chi connectivity index (χ1n) is 13.5. The number of ketones is 2. The number of ether oxygens (including phenoxy) is 4. The maximum Gasteiger partial charge on any atom is 0.237 e. The van der Waals surface area contributed by atoms with Gasteiger partial charge in [0.05, 0.1) is 46.1 Å². The van der Waals surface area contributed by atoms with Crippen LogP contribution >= 0.6 is 11.6 Å². The smallest absolute Gasteiger partial charge is 0.237 e. The van der Waals surface area contributed by atoms with E-state index in [9.17, 15) is 14.4 Å². The summed E-state index contributed by atoms with van der Waals surface area (Å²) in [6.45, 7) is 1.91. The number of halogens is 1. The number of rotatable bonds is 8. The first-order valence-corrected chi connectivity index (χ1v) is 13.9. The monoisotopic (exact) mass is 605 g/mol. The number of methoxy groups -OCH3 is 3. The standard InChI is InChI=1S/C32H28ClNO9/c1-16-12-22-25(30(36)32(16)31(37)26-21(39-3)14-23(40-4)27(33)29(26)43-32)20(13-24(35)34-15-19-6-5-11-41-19)28(42-22)17-7-9-18(38-2)10-8-17/h5-11,14,16H,12-13,15H2,1-4H3,(H,34,35). The number of amides is 1. The van der Waals surface area contributed by atoms with Gasteiger partial charge < -0.3 is 33.1 Å². The Hall–Kier alpha value is -4.70. The van der Waals surface area contributed by atoms with Gasteiger partial charge in [0.2, 0.25) is 23.1 Å². The number of hydrogen-bond donors (Lipinski definition) is 1. The first-order chi connectivity index (χ1) is 20.7. The van der Waals surface area contributed by atoms with Crippen molar-refractivity contribution < 1.29 is 42.2 Å². The summed E-state index contributed by atoms with van der Waals surface area (Å²) in [4.78, 5) is 42.0. The second-order valence-corrected chi connectivity index (χ2v) is 10.7. The lowest BCUT2D eigenvalue weighted by atomic mass is 9.70. The Morgan fingerprint density at radius 3 is 2.40 bits per heavy atom. The number of carbonyl (C=O) groups excluding carboxylic acids is 3. The molecule has 1 aliphatic heterocycles. The lowest BCUT2D eigenvalue weighted by Gasteiger charge is -2.35. The highest BCUT2D eigenvalue weighted by Gasteiger charge is 2.63. The van der Waals surface area contributed by atoms with Crippen molar-refractivity contribution in [3.8, 4) is 34.3 Å². The summed E-state index contributed by atoms with van der Waals surface area (Å²) >= 11 is 6.57. The maximum absolute atomic E-state index is 14.6. The summed E-state index contributed by atoms with van der Waals surface area (Å²) in [7, 11) is 4.39. The van der Waals surface area contributed by atoms with E-state index in [2.05, 4.69) is 5.32 Å². The van der Waals surface area contributed by atoms with Crippen LogP contribution in [0.5, 0.6) is 23.0 Å². The fraction of sp³-hybridized carbons (Fsp3) is 0.281. The molecule has 222 valence electrons. The van der Waals surface area contributed by atoms with Gasteiger partial charge >= 0.3 is 0 Å². The normalized spacial score (nSPS) is 18.7. The van der Waals surface area contributed by atoms with Crippen molar-refractivity contribution in [1.82, 2.24) is 5.32 Å². The molecule has 2 unspecified atom stereocenters. The number of Topliss-reactive ketones (excluding diaryl/α,β-unsaturated/α-hetero) is 2. The first kappa shape index (κ1) is 28.4. The van der Waals surface area contributed by atoms with E-state index in [1.165, 1.54) is 26.5 Å². The number of benzene rings is 2. The van der Waals surface area contributed by atoms with Gasteiger partial charge in [0.1, 0.15) is 45.1 Å². The lowest BCUT2D eigenvalue weighted by molar-refractivity contribution is -0.120. The largest absolute Gasteiger partial charge is 0.497 e. The third-order valence-electron chi connectivity index (χ3n) is 7.98. The highest BCUT2D eigenvalue weighted by atomic mass is 35.5. The van der Waals surface area contributed by atoms with Crippen LogP contribution in [0.15, 0.2) is 57.6 Å². The third kappa shape index (κ3) is 4.44. The molecule has 0 saturated heterocycles. The molecule has 6 rings (SSSR count). The second-order valence-electron chi connectivity index (χ2n) is 10.4. The molecular weight excluding hydrogens is 578 g/mol. The van der Waals surface area contributed by atoms with Crippen molar-refractivity contribution in [2.24, 2.45) is 5.92 Å². The number of hydrogen-bond acceptors (Lipinski definition) is 9. The van der Waals surface area contributed by atoms with Gasteiger partial charge in [-0.15, -0.1) is 0 Å². The summed E-state index contributed by atoms with van der Waals surface area (Å²) in [5.41, 5.74) is -0.765. The van der Waals surface area contributed by atoms with Crippen LogP contribution < -0.4 is 24.3 Å². The molecule has 0 radical (unpaired) electrons. The molecular formula is C32H28ClNO9. The van der Waals surface area contributed by atoms with E-state index in [1.807, 2.05) is 0 Å². The Balaban J connectivity index is 1.45. The average molecular weight is 606 g/mol. The number of furan rings is 2. The van der Waals surface area contributed by atoms with E-state index in [1.54, 1.807) is 50.4 Å². The van der Waals surface area contributed by atoms with E-state index in [0.717, 1.165) is 0 Å². The van der Waals surface area contributed by atoms with Gasteiger partial charge in [0, 0.05) is 29.5 Å². The Morgan fingerprint density at radius 1 is 1.02 bits per heavy atom. The minimum Gasteiger partial charge on any atom is -0.497 e. The molecule has 10 nitrogen and oxygen atoms in total. The molecule has 2 aromatic heterocycles. The predicted molar refractivity (Wildman–Crippen MR) is 154 cm³/mol. The highest BCUT2D eigenvalue weighted by Crippen LogP contribution is 2.54. The summed E-state index contributed by atoms with van der Waals surface area (Å²) in [6.07, 6.45) is 1.51. The van der Waals surface area contributed by atoms with E-state index in [0.29, 0.717) is 34.2 Å². The fourth-order valence-electron chi connectivity index (χ4n) is 5.80. The molecule has 0 saturated carbocycles. The van der Waals surface area contributed by atoms with Gasteiger partial charge in [0.25, 0.3) is 0 Å². The van der Waals surface area contributed by atoms with Gasteiger partial charge in [-0.05, 0) is 36.4 Å². The van der Waals surface area contributed by atoms with E-state index < -0.39 is 23.1 Å². The zero-order valence-electron chi connectivity index (χ0n) is 23.9. The summed E-state index contributed by atoms with van der Waals surface area (Å²) < 4.78 is 34.0. The Bertz CT molecular complexity index is 1740. The van der Waals surface area contributed by atoms with Crippen molar-refractivity contribution in [3.63, 3.8) is 0 Å². The van der Waals surface area contributed by atoms with Crippen LogP contribution in [0.1, 0.15) is 44.7 Å². The van der Waals surface area contributed by atoms with E-state index in [4.69, 9.17) is 39.4 Å². The molecule has 1 N–H and O–H groups in total. The molecule has 2 atom stereocenters. The number of carbonyl (C=O) groups is 3. The molecule has 0 bridgehead atoms. The van der Waals surface area contributed by atoms with Crippen LogP contribution in [0.4, 0.5) is 0 Å². The zero-order valence-corrected chi connectivity index (χ0v) is 24.6. The topological polar surface area (TPSA) is 126 Å². The molecule has 1 aliphatic carbocycles. The number of fused-ring (bicyclic) bond motifs is 2. The van der Waals surface area contributed by atoms with Gasteiger partial charge in [-0.3, -0.25) is 14.4 Å². The second kappa shape index (κ2) is 10.9. The van der Waals surface area contributed by atoms with E-state index in [-0.39, 0.29) is 58.7 Å². The Kier molecular flexibility index (Phi) is 7.17. The van der Waals surface area contributed by atoms with Crippen molar-refractivity contribution in [2.75, 3.05) is 21.3 Å². The Labute approximate surface area is 251 Å². The number of nitrogens with one attached hydrogen (secondary N) is 1. The SMILES string of the molecule is COc1ccc(-c2oc3c(c2CC(=O)NCc2ccco2)C(=O)C2(Oc4c(Cl)c(OC)cc(OC)c4C2=O)C(C)C3)cc1. The van der Waals surface area contributed by atoms with Gasteiger partial charge in [-0.1, -0.05) is 18.5 Å². The van der Waals surface area contributed by atoms with Crippen LogP contribution in [-0.4, -0.2) is 44.4 Å². The van der Waals surface area contributed by atoms with Crippen molar-refractivity contribution in [3.05, 3.63) is 82.0 Å². The lowest BCUT2D eigenvalue weighted by Crippen LogP contribution is -2.56. The van der Waals surface area contributed by atoms with Crippen molar-refractivity contribution in [2.45, 2.75) is 31.9 Å². The van der Waals surface area contributed by atoms with Crippen LogP contribution in [0.3, 0.4) is 0 Å². The average Bonchev–Trinajstić information content (AvgIpc) is 3.73. The molecule has 4 aromatic rings.